The molecule has 0 aliphatic carbocycles. The first-order valence-electron chi connectivity index (χ1n) is 42.3. The fourth-order valence-electron chi connectivity index (χ4n) is 14.9. The average molecular weight is 1520 g/mol. The molecule has 0 aliphatic heterocycles. The smallest absolute Gasteiger partial charge is 0.240 e. The van der Waals surface area contributed by atoms with Gasteiger partial charge in [-0.15, -0.1) is 68.0 Å². The predicted molar refractivity (Wildman–Crippen MR) is 456 cm³/mol. The molecule has 0 fully saturated rings. The van der Waals surface area contributed by atoms with E-state index < -0.39 is 11.7 Å². The highest BCUT2D eigenvalue weighted by atomic mass is 32.1. The zero-order chi connectivity index (χ0) is 72.4. The van der Waals surface area contributed by atoms with Crippen LogP contribution in [0, 0.1) is 6.92 Å². The lowest BCUT2D eigenvalue weighted by atomic mass is 10.0. The lowest BCUT2D eigenvalue weighted by Crippen LogP contribution is -2.04. The number of rotatable bonds is 59. The topological polar surface area (TPSA) is 25.8 Å². The standard InChI is InChI=1S/C92H133F3N2S6/c1-6-10-14-18-22-26-30-34-38-42-46-50-57-75-70-84(73-59-54-56-72(5)68-73)100-86(75)90-96-78(62-52-48-44-40-36-32-28-24-20-16-12-8-3)88(102-90)89-79(63-53-49-45-41-37-33-29-25-21-17-13-9-4)97-91(103-89)87-76(58-51-47-43-39-35-31-27-23-19-15-11-7-2)71-85(101-87)83-67-66-82(99-83)81-65-64-80(98-81)74-60-55-61-77(69-74)92(93,94)95/h54-56,59-61,64-71H,6-53,57-58,62-63H2,1-5H3. The molecule has 2 aromatic carbocycles. The maximum absolute atomic E-state index is 13.9. The van der Waals surface area contributed by atoms with E-state index in [1.165, 1.54) is 385 Å². The van der Waals surface area contributed by atoms with Crippen LogP contribution in [0.1, 0.15) is 370 Å². The van der Waals surface area contributed by atoms with E-state index in [0.717, 1.165) is 59.2 Å². The van der Waals surface area contributed by atoms with Crippen LogP contribution in [0.5, 0.6) is 0 Å². The van der Waals surface area contributed by atoms with E-state index in [-0.39, 0.29) is 0 Å². The molecular formula is C92H133F3N2S6. The molecule has 103 heavy (non-hydrogen) atoms. The minimum Gasteiger partial charge on any atom is -0.240 e. The summed E-state index contributed by atoms with van der Waals surface area (Å²) >= 11 is 11.2. The predicted octanol–water partition coefficient (Wildman–Crippen LogP) is 34.8. The van der Waals surface area contributed by atoms with Crippen molar-refractivity contribution in [1.29, 1.82) is 0 Å². The first-order valence-corrected chi connectivity index (χ1v) is 47.2. The van der Waals surface area contributed by atoms with E-state index in [1.54, 1.807) is 28.7 Å². The second kappa shape index (κ2) is 50.1. The van der Waals surface area contributed by atoms with Crippen LogP contribution in [0.15, 0.2) is 84.9 Å². The molecule has 0 radical (unpaired) electrons. The molecule has 0 amide bonds. The Bertz CT molecular complexity index is 3510. The molecule has 8 aromatic rings. The summed E-state index contributed by atoms with van der Waals surface area (Å²) in [6.45, 7) is 11.5. The van der Waals surface area contributed by atoms with E-state index >= 15 is 0 Å². The summed E-state index contributed by atoms with van der Waals surface area (Å²) in [5.41, 5.74) is 8.10. The Morgan fingerprint density at radius 1 is 0.272 bits per heavy atom. The minimum absolute atomic E-state index is 0.605. The number of hydrogen-bond acceptors (Lipinski definition) is 8. The summed E-state index contributed by atoms with van der Waals surface area (Å²) in [6, 6.07) is 28.5. The van der Waals surface area contributed by atoms with Gasteiger partial charge in [-0.05, 0) is 129 Å². The molecule has 0 saturated carbocycles. The normalized spacial score (nSPS) is 12.0. The highest BCUT2D eigenvalue weighted by molar-refractivity contribution is 7.30. The number of aryl methyl sites for hydroxylation is 5. The molecule has 568 valence electrons. The Kier molecular flexibility index (Phi) is 41.3. The zero-order valence-electron chi connectivity index (χ0n) is 64.8. The van der Waals surface area contributed by atoms with Crippen LogP contribution in [-0.4, -0.2) is 9.97 Å². The largest absolute Gasteiger partial charge is 0.416 e. The van der Waals surface area contributed by atoms with Crippen LogP contribution < -0.4 is 0 Å². The van der Waals surface area contributed by atoms with Crippen LogP contribution in [0.2, 0.25) is 0 Å². The Morgan fingerprint density at radius 3 is 0.942 bits per heavy atom. The van der Waals surface area contributed by atoms with Crippen molar-refractivity contribution in [3.05, 3.63) is 119 Å². The van der Waals surface area contributed by atoms with E-state index in [4.69, 9.17) is 9.97 Å². The van der Waals surface area contributed by atoms with Crippen molar-refractivity contribution in [3.8, 4) is 69.9 Å². The molecule has 0 saturated heterocycles. The fraction of sp³-hybridized carbons (Fsp3) is 0.630. The number of halogens is 3. The van der Waals surface area contributed by atoms with Crippen LogP contribution >= 0.6 is 68.0 Å². The number of benzene rings is 2. The second-order valence-electron chi connectivity index (χ2n) is 30.4. The van der Waals surface area contributed by atoms with Crippen molar-refractivity contribution in [2.24, 2.45) is 0 Å². The molecular weight excluding hydrogens is 1380 g/mol. The van der Waals surface area contributed by atoms with Crippen molar-refractivity contribution in [2.75, 3.05) is 0 Å². The zero-order valence-corrected chi connectivity index (χ0v) is 69.7. The van der Waals surface area contributed by atoms with Gasteiger partial charge in [-0.3, -0.25) is 0 Å². The Morgan fingerprint density at radius 2 is 0.573 bits per heavy atom. The van der Waals surface area contributed by atoms with E-state index in [2.05, 4.69) is 89.2 Å². The van der Waals surface area contributed by atoms with Crippen molar-refractivity contribution in [3.63, 3.8) is 0 Å². The molecule has 0 aliphatic rings. The van der Waals surface area contributed by atoms with Gasteiger partial charge < -0.3 is 0 Å². The summed E-state index contributed by atoms with van der Waals surface area (Å²) in [7, 11) is 0. The molecule has 0 spiro atoms. The lowest BCUT2D eigenvalue weighted by Gasteiger charge is -2.07. The third-order valence-corrected chi connectivity index (χ3v) is 28.9. The average Bonchev–Trinajstić information content (AvgIpc) is 1.62. The van der Waals surface area contributed by atoms with E-state index in [0.29, 0.717) is 5.56 Å². The molecule has 0 unspecified atom stereocenters. The van der Waals surface area contributed by atoms with Gasteiger partial charge in [0.25, 0.3) is 0 Å². The summed E-state index contributed by atoms with van der Waals surface area (Å²) in [4.78, 5) is 24.3. The Hall–Kier alpha value is -3.71. The first-order chi connectivity index (χ1) is 50.6. The highest BCUT2D eigenvalue weighted by Crippen LogP contribution is 2.51. The first kappa shape index (κ1) is 84.9. The van der Waals surface area contributed by atoms with Crippen LogP contribution in [-0.2, 0) is 31.9 Å². The van der Waals surface area contributed by atoms with Gasteiger partial charge in [-0.2, -0.15) is 13.2 Å². The van der Waals surface area contributed by atoms with Gasteiger partial charge in [0.1, 0.15) is 10.0 Å². The molecule has 2 nitrogen and oxygen atoms in total. The summed E-state index contributed by atoms with van der Waals surface area (Å²) in [5.74, 6) is 0. The van der Waals surface area contributed by atoms with Gasteiger partial charge in [0, 0.05) is 29.3 Å². The van der Waals surface area contributed by atoms with Gasteiger partial charge in [0.2, 0.25) is 0 Å². The number of thiophene rings is 4. The van der Waals surface area contributed by atoms with Crippen molar-refractivity contribution in [1.82, 2.24) is 9.97 Å². The van der Waals surface area contributed by atoms with E-state index in [1.807, 2.05) is 51.4 Å². The Balaban J connectivity index is 1.11. The molecule has 8 rings (SSSR count). The lowest BCUT2D eigenvalue weighted by molar-refractivity contribution is -0.137. The van der Waals surface area contributed by atoms with Gasteiger partial charge in [0.15, 0.2) is 0 Å². The molecule has 0 bridgehead atoms. The monoisotopic (exact) mass is 1510 g/mol. The summed E-state index contributed by atoms with van der Waals surface area (Å²) < 4.78 is 41.6. The number of alkyl halides is 3. The quantitative estimate of drug-likeness (QED) is 0.0355. The Labute approximate surface area is 649 Å². The molecule has 6 aromatic heterocycles. The van der Waals surface area contributed by atoms with Gasteiger partial charge >= 0.3 is 6.18 Å². The van der Waals surface area contributed by atoms with Crippen molar-refractivity contribution >= 4 is 68.0 Å². The van der Waals surface area contributed by atoms with Crippen LogP contribution in [0.25, 0.3) is 69.9 Å². The van der Waals surface area contributed by atoms with Gasteiger partial charge in [0.05, 0.1) is 36.5 Å². The highest BCUT2D eigenvalue weighted by Gasteiger charge is 2.31. The molecule has 6 heterocycles. The maximum atomic E-state index is 13.9. The fourth-order valence-corrected chi connectivity index (χ4v) is 22.1. The second-order valence-corrected chi connectivity index (χ2v) is 36.6. The third-order valence-electron chi connectivity index (χ3n) is 21.2. The van der Waals surface area contributed by atoms with Crippen LogP contribution in [0.4, 0.5) is 13.2 Å². The number of thiazole rings is 2. The molecule has 0 atom stereocenters. The van der Waals surface area contributed by atoms with Crippen molar-refractivity contribution < 1.29 is 13.2 Å². The molecule has 0 N–H and O–H groups in total. The number of aromatic nitrogens is 2. The third kappa shape index (κ3) is 30.7. The van der Waals surface area contributed by atoms with Gasteiger partial charge in [-0.25, -0.2) is 9.97 Å². The number of unbranched alkanes of at least 4 members (excludes halogenated alkanes) is 44. The minimum atomic E-state index is -4.38. The number of nitrogens with zero attached hydrogens (tertiary/aromatic N) is 2. The van der Waals surface area contributed by atoms with Gasteiger partial charge in [-0.1, -0.05) is 352 Å². The SMILES string of the molecule is CCCCCCCCCCCCCCc1cc(-c2cccc(C)c2)sc1-c1nc(CCCCCCCCCCCCCC)c(-c2sc(-c3sc(-c4ccc(-c5ccc(-c6cccc(C(F)(F)F)c6)s5)s4)cc3CCCCCCCCCCCCCC)nc2CCCCCCCCCCCCCC)s1. The van der Waals surface area contributed by atoms with Crippen molar-refractivity contribution in [2.45, 2.75) is 375 Å². The van der Waals surface area contributed by atoms with E-state index in [9.17, 15) is 13.2 Å². The van der Waals surface area contributed by atoms with Crippen LogP contribution in [0.3, 0.4) is 0 Å². The maximum Gasteiger partial charge on any atom is 0.416 e. The summed E-state index contributed by atoms with van der Waals surface area (Å²) in [5, 5.41) is 2.38. The molecule has 11 heteroatoms. The summed E-state index contributed by atoms with van der Waals surface area (Å²) in [6.07, 6.45) is 64.0. The number of hydrogen-bond donors (Lipinski definition) is 0.